The van der Waals surface area contributed by atoms with Gasteiger partial charge in [0.25, 0.3) is 5.91 Å². The smallest absolute Gasteiger partial charge is 0.278 e. The lowest BCUT2D eigenvalue weighted by molar-refractivity contribution is -1.02. The fourth-order valence-corrected chi connectivity index (χ4v) is 4.00. The number of nitrogens with one attached hydrogen (secondary N) is 3. The van der Waals surface area contributed by atoms with Crippen molar-refractivity contribution < 1.29 is 28.1 Å². The van der Waals surface area contributed by atoms with Gasteiger partial charge in [0.05, 0.1) is 13.2 Å². The number of rotatable bonds is 7. The molecule has 0 bridgehead atoms. The molecule has 2 atom stereocenters. The van der Waals surface area contributed by atoms with Gasteiger partial charge in [-0.25, -0.2) is 8.78 Å². The highest BCUT2D eigenvalue weighted by molar-refractivity contribution is 5.80. The molecule has 0 saturated carbocycles. The van der Waals surface area contributed by atoms with Crippen LogP contribution in [0.1, 0.15) is 31.0 Å². The fraction of sp³-hybridized carbons (Fsp3) is 0.435. The lowest BCUT2D eigenvalue weighted by atomic mass is 10.1. The molecule has 1 amide bonds. The first-order chi connectivity index (χ1) is 14.4. The number of hydrogen-bond donors (Lipinski definition) is 3. The molecule has 5 nitrogen and oxygen atoms in total. The number of amides is 1. The predicted octanol–water partition coefficient (Wildman–Crippen LogP) is 0.523. The van der Waals surface area contributed by atoms with Crippen molar-refractivity contribution in [2.24, 2.45) is 0 Å². The first-order valence-electron chi connectivity index (χ1n) is 10.4. The van der Waals surface area contributed by atoms with Crippen LogP contribution < -0.4 is 19.9 Å². The van der Waals surface area contributed by atoms with Crippen molar-refractivity contribution in [2.75, 3.05) is 33.3 Å². The van der Waals surface area contributed by atoms with E-state index in [0.717, 1.165) is 43.9 Å². The number of methoxy groups -OCH3 is 1. The topological polar surface area (TPSA) is 47.2 Å². The Balaban J connectivity index is 1.48. The van der Waals surface area contributed by atoms with Gasteiger partial charge in [-0.05, 0) is 49.7 Å². The van der Waals surface area contributed by atoms with Gasteiger partial charge in [-0.15, -0.1) is 0 Å². The summed E-state index contributed by atoms with van der Waals surface area (Å²) in [5.41, 5.74) is 1.83. The molecule has 7 heteroatoms. The summed E-state index contributed by atoms with van der Waals surface area (Å²) in [6, 6.07) is 11.0. The first kappa shape index (κ1) is 22.2. The van der Waals surface area contributed by atoms with Crippen molar-refractivity contribution in [1.82, 2.24) is 5.32 Å². The zero-order valence-corrected chi connectivity index (χ0v) is 17.8. The zero-order chi connectivity index (χ0) is 21.7. The molecule has 0 radical (unpaired) electrons. The molecule has 0 unspecified atom stereocenters. The monoisotopic (exact) mass is 419 g/mol. The van der Waals surface area contributed by atoms with E-state index in [1.54, 1.807) is 18.2 Å². The van der Waals surface area contributed by atoms with Gasteiger partial charge in [0, 0.05) is 5.56 Å². The van der Waals surface area contributed by atoms with Crippen molar-refractivity contribution in [3.05, 3.63) is 65.2 Å². The van der Waals surface area contributed by atoms with Gasteiger partial charge in [-0.2, -0.15) is 0 Å². The minimum Gasteiger partial charge on any atom is -0.494 e. The summed E-state index contributed by atoms with van der Waals surface area (Å²) in [6.07, 6.45) is 0. The van der Waals surface area contributed by atoms with E-state index < -0.39 is 0 Å². The fourth-order valence-electron chi connectivity index (χ4n) is 4.00. The van der Waals surface area contributed by atoms with Crippen LogP contribution in [0.4, 0.5) is 8.78 Å². The summed E-state index contributed by atoms with van der Waals surface area (Å²) in [7, 11) is 1.46. The van der Waals surface area contributed by atoms with Crippen molar-refractivity contribution in [3.63, 3.8) is 0 Å². The second kappa shape index (κ2) is 10.00. The van der Waals surface area contributed by atoms with Crippen molar-refractivity contribution >= 4 is 5.91 Å². The maximum absolute atomic E-state index is 13.9. The molecule has 0 aromatic heterocycles. The van der Waals surface area contributed by atoms with Gasteiger partial charge in [-0.3, -0.25) is 4.79 Å². The highest BCUT2D eigenvalue weighted by Crippen LogP contribution is 2.17. The van der Waals surface area contributed by atoms with Crippen LogP contribution in [0.2, 0.25) is 0 Å². The van der Waals surface area contributed by atoms with E-state index in [1.165, 1.54) is 35.1 Å². The average Bonchev–Trinajstić information content (AvgIpc) is 2.74. The molecule has 1 aliphatic rings. The Hall–Kier alpha value is -2.51. The molecule has 2 aromatic rings. The summed E-state index contributed by atoms with van der Waals surface area (Å²) in [4.78, 5) is 15.3. The van der Waals surface area contributed by atoms with E-state index in [9.17, 15) is 13.6 Å². The third-order valence-electron chi connectivity index (χ3n) is 6.00. The van der Waals surface area contributed by atoms with Crippen LogP contribution >= 0.6 is 0 Å². The Kier molecular flexibility index (Phi) is 7.39. The van der Waals surface area contributed by atoms with Gasteiger partial charge in [-0.1, -0.05) is 12.1 Å². The van der Waals surface area contributed by atoms with Crippen LogP contribution in [-0.2, 0) is 11.3 Å². The molecular weight excluding hydrogens is 388 g/mol. The van der Waals surface area contributed by atoms with Crippen LogP contribution in [0.3, 0.4) is 0 Å². The quantitative estimate of drug-likeness (QED) is 0.613. The van der Waals surface area contributed by atoms with Gasteiger partial charge < -0.3 is 19.9 Å². The molecule has 30 heavy (non-hydrogen) atoms. The van der Waals surface area contributed by atoms with Gasteiger partial charge >= 0.3 is 0 Å². The molecule has 0 aliphatic carbocycles. The van der Waals surface area contributed by atoms with E-state index >= 15 is 0 Å². The summed E-state index contributed by atoms with van der Waals surface area (Å²) in [5, 5.41) is 3.04. The number of quaternary nitrogens is 2. The van der Waals surface area contributed by atoms with E-state index in [-0.39, 0.29) is 35.4 Å². The van der Waals surface area contributed by atoms with Crippen LogP contribution in [0.25, 0.3) is 0 Å². The Bertz CT molecular complexity index is 852. The molecule has 0 spiro atoms. The van der Waals surface area contributed by atoms with Crippen molar-refractivity contribution in [3.8, 4) is 5.75 Å². The maximum Gasteiger partial charge on any atom is 0.278 e. The molecule has 1 aliphatic heterocycles. The highest BCUT2D eigenvalue weighted by atomic mass is 19.1. The molecule has 162 valence electrons. The maximum atomic E-state index is 13.9. The summed E-state index contributed by atoms with van der Waals surface area (Å²) < 4.78 is 32.0. The third kappa shape index (κ3) is 5.55. The standard InChI is InChI=1S/C23H29F2N3O2/c1-16(19-5-7-20(24)8-6-19)26-23(29)17(2)28-12-10-27(11-13-28)15-18-4-9-22(30-3)21(25)14-18/h4-9,14,16-17H,10-13,15H2,1-3H3,(H,26,29)/p+2/t16-,17-/m1/s1. The van der Waals surface area contributed by atoms with Gasteiger partial charge in [0.1, 0.15) is 38.5 Å². The van der Waals surface area contributed by atoms with E-state index in [2.05, 4.69) is 5.32 Å². The molecule has 1 fully saturated rings. The number of piperazine rings is 1. The normalized spacial score (nSPS) is 21.0. The third-order valence-corrected chi connectivity index (χ3v) is 6.00. The number of hydrogen-bond acceptors (Lipinski definition) is 2. The number of benzene rings is 2. The second-order valence-electron chi connectivity index (χ2n) is 8.06. The number of carbonyl (C=O) groups is 1. The molecule has 3 N–H and O–H groups in total. The Morgan fingerprint density at radius 1 is 1.07 bits per heavy atom. The van der Waals surface area contributed by atoms with E-state index in [1.807, 2.05) is 19.9 Å². The van der Waals surface area contributed by atoms with Crippen LogP contribution in [0.5, 0.6) is 5.75 Å². The molecule has 1 heterocycles. The van der Waals surface area contributed by atoms with E-state index in [4.69, 9.17) is 4.74 Å². The first-order valence-corrected chi connectivity index (χ1v) is 10.4. The molecular formula is C23H31F2N3O2+2. The van der Waals surface area contributed by atoms with Gasteiger partial charge in [0.15, 0.2) is 17.6 Å². The molecule has 1 saturated heterocycles. The zero-order valence-electron chi connectivity index (χ0n) is 17.8. The van der Waals surface area contributed by atoms with Crippen LogP contribution in [0.15, 0.2) is 42.5 Å². The Morgan fingerprint density at radius 3 is 2.33 bits per heavy atom. The summed E-state index contributed by atoms with van der Waals surface area (Å²) in [5.74, 6) is -0.354. The minimum absolute atomic E-state index is 0.00232. The van der Waals surface area contributed by atoms with Crippen LogP contribution in [0, 0.1) is 11.6 Å². The predicted molar refractivity (Wildman–Crippen MR) is 110 cm³/mol. The molecule has 3 rings (SSSR count). The summed E-state index contributed by atoms with van der Waals surface area (Å²) >= 11 is 0. The molecule has 2 aromatic carbocycles. The summed E-state index contributed by atoms with van der Waals surface area (Å²) in [6.45, 7) is 8.23. The van der Waals surface area contributed by atoms with Crippen molar-refractivity contribution in [2.45, 2.75) is 32.5 Å². The number of halogens is 2. The minimum atomic E-state index is -0.334. The van der Waals surface area contributed by atoms with Crippen LogP contribution in [-0.4, -0.2) is 45.2 Å². The van der Waals surface area contributed by atoms with Gasteiger partial charge in [0.2, 0.25) is 0 Å². The van der Waals surface area contributed by atoms with E-state index in [0.29, 0.717) is 0 Å². The SMILES string of the molecule is COc1ccc(C[NH+]2CC[NH+]([C@H](C)C(=O)N[C@H](C)c3ccc(F)cc3)CC2)cc1F. The van der Waals surface area contributed by atoms with Crippen molar-refractivity contribution in [1.29, 1.82) is 0 Å². The number of ether oxygens (including phenoxy) is 1. The average molecular weight is 420 g/mol. The largest absolute Gasteiger partial charge is 0.494 e. The Labute approximate surface area is 176 Å². The lowest BCUT2D eigenvalue weighted by Gasteiger charge is -2.33. The number of carbonyl (C=O) groups excluding carboxylic acids is 1. The second-order valence-corrected chi connectivity index (χ2v) is 8.06. The lowest BCUT2D eigenvalue weighted by Crippen LogP contribution is -3.29. The highest BCUT2D eigenvalue weighted by Gasteiger charge is 2.31. The Morgan fingerprint density at radius 2 is 1.73 bits per heavy atom.